The van der Waals surface area contributed by atoms with Crippen LogP contribution in [0.25, 0.3) is 11.1 Å². The van der Waals surface area contributed by atoms with E-state index in [0.29, 0.717) is 17.1 Å². The number of hydrogen-bond acceptors (Lipinski definition) is 8. The molecule has 0 aliphatic rings. The number of aliphatic carboxylic acids is 1. The van der Waals surface area contributed by atoms with Gasteiger partial charge in [0.2, 0.25) is 0 Å². The molecule has 1 aromatic heterocycles. The van der Waals surface area contributed by atoms with Crippen molar-refractivity contribution in [3.05, 3.63) is 102 Å². The Balaban J connectivity index is 0.000000646. The molecule has 4 aromatic rings. The van der Waals surface area contributed by atoms with Gasteiger partial charge >= 0.3 is 18.1 Å². The fraction of sp³-hybridized carbons (Fsp3) is 0.172. The first-order chi connectivity index (χ1) is 20.2. The molecular formula is C29H27F3N2O8S. The highest BCUT2D eigenvalue weighted by Crippen LogP contribution is 2.25. The predicted octanol–water partition coefficient (Wildman–Crippen LogP) is 5.05. The van der Waals surface area contributed by atoms with E-state index in [1.54, 1.807) is 26.2 Å². The molecule has 3 aromatic carbocycles. The molecule has 0 fully saturated rings. The summed E-state index contributed by atoms with van der Waals surface area (Å²) < 4.78 is 75.4. The number of benzene rings is 3. The highest BCUT2D eigenvalue weighted by molar-refractivity contribution is 7.90. The number of carbonyl (C=O) groups is 2. The number of halogens is 3. The van der Waals surface area contributed by atoms with Crippen molar-refractivity contribution in [3.8, 4) is 22.6 Å². The molecule has 10 nitrogen and oxygen atoms in total. The average Bonchev–Trinajstić information content (AvgIpc) is 3.36. The zero-order chi connectivity index (χ0) is 31.8. The fourth-order valence-electron chi connectivity index (χ4n) is 3.50. The van der Waals surface area contributed by atoms with Crippen molar-refractivity contribution in [2.24, 2.45) is 5.73 Å². The maximum atomic E-state index is 12.6. The van der Waals surface area contributed by atoms with Crippen LogP contribution in [0.2, 0.25) is 0 Å². The third-order valence-corrected chi connectivity index (χ3v) is 7.20. The Morgan fingerprint density at radius 2 is 1.44 bits per heavy atom. The molecule has 14 heteroatoms. The van der Waals surface area contributed by atoms with E-state index in [1.165, 1.54) is 18.2 Å². The molecule has 1 heterocycles. The van der Waals surface area contributed by atoms with Gasteiger partial charge in [0.1, 0.15) is 23.9 Å². The maximum Gasteiger partial charge on any atom is 0.490 e. The lowest BCUT2D eigenvalue weighted by molar-refractivity contribution is -0.192. The Bertz CT molecular complexity index is 1650. The van der Waals surface area contributed by atoms with Crippen molar-refractivity contribution in [1.82, 2.24) is 4.72 Å². The van der Waals surface area contributed by atoms with E-state index in [2.05, 4.69) is 0 Å². The Kier molecular flexibility index (Phi) is 10.6. The molecule has 0 radical (unpaired) electrons. The van der Waals surface area contributed by atoms with Gasteiger partial charge in [-0.25, -0.2) is 17.9 Å². The van der Waals surface area contributed by atoms with Crippen LogP contribution >= 0.6 is 0 Å². The number of amides is 1. The number of furan rings is 1. The first-order valence-electron chi connectivity index (χ1n) is 12.4. The number of nitrogens with two attached hydrogens (primary N) is 1. The van der Waals surface area contributed by atoms with Gasteiger partial charge in [-0.15, -0.1) is 0 Å². The van der Waals surface area contributed by atoms with E-state index >= 15 is 0 Å². The van der Waals surface area contributed by atoms with Crippen molar-refractivity contribution in [3.63, 3.8) is 0 Å². The van der Waals surface area contributed by atoms with Gasteiger partial charge in [-0.3, -0.25) is 4.79 Å². The van der Waals surface area contributed by atoms with Crippen LogP contribution in [0, 0.1) is 6.92 Å². The molecule has 0 bridgehead atoms. The highest BCUT2D eigenvalue weighted by atomic mass is 32.2. The molecule has 228 valence electrons. The molecule has 0 unspecified atom stereocenters. The number of methoxy groups -OCH3 is 1. The van der Waals surface area contributed by atoms with Crippen LogP contribution < -0.4 is 19.9 Å². The normalized spacial score (nSPS) is 11.2. The lowest BCUT2D eigenvalue weighted by Gasteiger charge is -2.07. The number of ether oxygens (including phenoxy) is 2. The third-order valence-electron chi connectivity index (χ3n) is 5.86. The minimum Gasteiger partial charge on any atom is -0.497 e. The van der Waals surface area contributed by atoms with Crippen molar-refractivity contribution in [2.45, 2.75) is 31.1 Å². The summed E-state index contributed by atoms with van der Waals surface area (Å²) in [6.45, 7) is 2.12. The number of sulfonamides is 1. The number of alkyl halides is 3. The summed E-state index contributed by atoms with van der Waals surface area (Å²) in [6, 6.07) is 22.8. The molecule has 0 aliphatic heterocycles. The van der Waals surface area contributed by atoms with Crippen molar-refractivity contribution in [2.75, 3.05) is 7.11 Å². The number of carboxylic acids is 1. The molecular weight excluding hydrogens is 593 g/mol. The Labute approximate surface area is 244 Å². The number of carbonyl (C=O) groups excluding carboxylic acids is 1. The Hall–Kier alpha value is -4.82. The van der Waals surface area contributed by atoms with Crippen LogP contribution in [0.5, 0.6) is 11.5 Å². The number of aryl methyl sites for hydroxylation is 1. The van der Waals surface area contributed by atoms with Gasteiger partial charge in [-0.2, -0.15) is 13.2 Å². The monoisotopic (exact) mass is 620 g/mol. The molecule has 0 aliphatic carbocycles. The molecule has 1 amide bonds. The molecule has 0 atom stereocenters. The van der Waals surface area contributed by atoms with Crippen molar-refractivity contribution >= 4 is 21.9 Å². The van der Waals surface area contributed by atoms with Crippen LogP contribution in [-0.2, 0) is 28.0 Å². The van der Waals surface area contributed by atoms with E-state index in [-0.39, 0.29) is 23.8 Å². The lowest BCUT2D eigenvalue weighted by atomic mass is 10.1. The fourth-order valence-corrected chi connectivity index (χ4v) is 4.46. The smallest absolute Gasteiger partial charge is 0.490 e. The van der Waals surface area contributed by atoms with Crippen LogP contribution in [0.1, 0.15) is 27.4 Å². The number of carboxylic acid groups (broad SMARTS) is 1. The van der Waals surface area contributed by atoms with E-state index in [4.69, 9.17) is 29.5 Å². The summed E-state index contributed by atoms with van der Waals surface area (Å²) in [5, 5.41) is 7.12. The van der Waals surface area contributed by atoms with E-state index in [1.807, 2.05) is 53.3 Å². The number of nitrogens with one attached hydrogen (secondary N) is 1. The Morgan fingerprint density at radius 1 is 0.930 bits per heavy atom. The number of rotatable bonds is 9. The van der Waals surface area contributed by atoms with Gasteiger partial charge in [-0.1, -0.05) is 36.4 Å². The number of hydrogen-bond donors (Lipinski definition) is 3. The summed E-state index contributed by atoms with van der Waals surface area (Å²) in [5.41, 5.74) is 9.03. The van der Waals surface area contributed by atoms with E-state index in [0.717, 1.165) is 22.4 Å². The summed E-state index contributed by atoms with van der Waals surface area (Å²) in [7, 11) is -2.43. The van der Waals surface area contributed by atoms with Gasteiger partial charge in [0.15, 0.2) is 5.76 Å². The van der Waals surface area contributed by atoms with Gasteiger partial charge in [-0.05, 0) is 66.1 Å². The van der Waals surface area contributed by atoms with Gasteiger partial charge in [0.25, 0.3) is 10.0 Å². The third kappa shape index (κ3) is 9.08. The molecule has 4 rings (SSSR count). The first kappa shape index (κ1) is 32.7. The predicted molar refractivity (Wildman–Crippen MR) is 149 cm³/mol. The van der Waals surface area contributed by atoms with Gasteiger partial charge < -0.3 is 24.7 Å². The zero-order valence-corrected chi connectivity index (χ0v) is 23.7. The standard InChI is InChI=1S/C27H26N2O6S.C2HF3O2/c1-18-22(17-34-24-11-7-21(8-12-24)20-5-9-23(33-2)10-6-20)15-26(35-18)27(30)29-36(31,32)25-13-3-19(16-28)4-14-25;3-2(4,5)1(6)7/h3-15H,16-17,28H2,1-2H3,(H,29,30);(H,6,7). The quantitative estimate of drug-likeness (QED) is 0.233. The molecule has 4 N–H and O–H groups in total. The first-order valence-corrected chi connectivity index (χ1v) is 13.8. The molecule has 0 spiro atoms. The van der Waals surface area contributed by atoms with Crippen LogP contribution in [0.4, 0.5) is 13.2 Å². The zero-order valence-electron chi connectivity index (χ0n) is 22.8. The molecule has 43 heavy (non-hydrogen) atoms. The van der Waals surface area contributed by atoms with Crippen LogP contribution in [0.15, 0.2) is 88.2 Å². The topological polar surface area (TPSA) is 158 Å². The highest BCUT2D eigenvalue weighted by Gasteiger charge is 2.38. The summed E-state index contributed by atoms with van der Waals surface area (Å²) in [4.78, 5) is 21.4. The summed E-state index contributed by atoms with van der Waals surface area (Å²) >= 11 is 0. The Morgan fingerprint density at radius 3 is 1.91 bits per heavy atom. The minimum absolute atomic E-state index is 0.0435. The molecule has 0 saturated carbocycles. The van der Waals surface area contributed by atoms with Crippen molar-refractivity contribution in [1.29, 1.82) is 0 Å². The second-order valence-corrected chi connectivity index (χ2v) is 10.5. The largest absolute Gasteiger partial charge is 0.497 e. The maximum absolute atomic E-state index is 12.6. The SMILES string of the molecule is COc1ccc(-c2ccc(OCc3cc(C(=O)NS(=O)(=O)c4ccc(CN)cc4)oc3C)cc2)cc1.O=C(O)C(F)(F)F. The van der Waals surface area contributed by atoms with Gasteiger partial charge in [0, 0.05) is 12.1 Å². The van der Waals surface area contributed by atoms with Crippen LogP contribution in [0.3, 0.4) is 0 Å². The second kappa shape index (κ2) is 13.9. The van der Waals surface area contributed by atoms with E-state index < -0.39 is 28.1 Å². The van der Waals surface area contributed by atoms with Gasteiger partial charge in [0.05, 0.1) is 12.0 Å². The average molecular weight is 621 g/mol. The van der Waals surface area contributed by atoms with Crippen LogP contribution in [-0.4, -0.2) is 38.7 Å². The minimum atomic E-state index is -5.08. The lowest BCUT2D eigenvalue weighted by Crippen LogP contribution is -2.30. The van der Waals surface area contributed by atoms with Crippen molar-refractivity contribution < 1.29 is 50.2 Å². The second-order valence-electron chi connectivity index (χ2n) is 8.82. The summed E-state index contributed by atoms with van der Waals surface area (Å²) in [6.07, 6.45) is -5.08. The summed E-state index contributed by atoms with van der Waals surface area (Å²) in [5.74, 6) is -1.85. The van der Waals surface area contributed by atoms with E-state index in [9.17, 15) is 26.4 Å². The molecule has 0 saturated heterocycles.